The average Bonchev–Trinajstić information content (AvgIpc) is 3.04. The third kappa shape index (κ3) is 4.79. The van der Waals surface area contributed by atoms with E-state index in [1.54, 1.807) is 0 Å². The lowest BCUT2D eigenvalue weighted by Crippen LogP contribution is -2.31. The number of amides is 1. The highest BCUT2D eigenvalue weighted by Crippen LogP contribution is 2.26. The van der Waals surface area contributed by atoms with Crippen molar-refractivity contribution < 1.29 is 22.4 Å². The molecule has 7 nitrogen and oxygen atoms in total. The van der Waals surface area contributed by atoms with Gasteiger partial charge in [0.1, 0.15) is 0 Å². The molecule has 23 heavy (non-hydrogen) atoms. The quantitative estimate of drug-likeness (QED) is 0.731. The molecule has 1 heterocycles. The molecular formula is C15H24N2O5S. The summed E-state index contributed by atoms with van der Waals surface area (Å²) in [5.74, 6) is 0.0616. The molecule has 2 atom stereocenters. The van der Waals surface area contributed by atoms with Crippen LogP contribution in [0.4, 0.5) is 0 Å². The van der Waals surface area contributed by atoms with Crippen molar-refractivity contribution in [3.05, 3.63) is 17.9 Å². The number of sulfonamides is 1. The number of ether oxygens (including phenoxy) is 1. The molecule has 1 aliphatic carbocycles. The first-order chi connectivity index (χ1) is 10.9. The molecule has 8 heteroatoms. The van der Waals surface area contributed by atoms with Gasteiger partial charge < -0.3 is 14.5 Å². The normalized spacial score (nSPS) is 22.0. The highest BCUT2D eigenvalue weighted by Gasteiger charge is 2.22. The second-order valence-electron chi connectivity index (χ2n) is 5.75. The van der Waals surface area contributed by atoms with Crippen molar-refractivity contribution in [2.75, 3.05) is 20.2 Å². The molecular weight excluding hydrogens is 320 g/mol. The molecule has 2 rings (SSSR count). The first-order valence-corrected chi connectivity index (χ1v) is 9.35. The van der Waals surface area contributed by atoms with Crippen LogP contribution in [0.2, 0.25) is 0 Å². The lowest BCUT2D eigenvalue weighted by atomic mass is 9.88. The van der Waals surface area contributed by atoms with E-state index in [4.69, 9.17) is 9.15 Å². The predicted octanol–water partition coefficient (Wildman–Crippen LogP) is 1.51. The zero-order chi connectivity index (χ0) is 16.9. The predicted molar refractivity (Wildman–Crippen MR) is 84.7 cm³/mol. The summed E-state index contributed by atoms with van der Waals surface area (Å²) in [6.07, 6.45) is 4.96. The monoisotopic (exact) mass is 344 g/mol. The minimum absolute atomic E-state index is 0.0372. The molecule has 0 bridgehead atoms. The summed E-state index contributed by atoms with van der Waals surface area (Å²) in [7, 11) is -2.40. The van der Waals surface area contributed by atoms with Crippen LogP contribution >= 0.6 is 0 Å². The highest BCUT2D eigenvalue weighted by molar-refractivity contribution is 7.89. The maximum absolute atomic E-state index is 11.9. The van der Waals surface area contributed by atoms with E-state index in [2.05, 4.69) is 17.0 Å². The SMILES string of the molecule is CNS(=O)(=O)c1ccc(C(=O)NCCOC2CCCCC2C)o1. The Morgan fingerprint density at radius 3 is 2.78 bits per heavy atom. The Hall–Kier alpha value is -1.38. The minimum atomic E-state index is -3.68. The molecule has 2 unspecified atom stereocenters. The Morgan fingerprint density at radius 2 is 2.09 bits per heavy atom. The summed E-state index contributed by atoms with van der Waals surface area (Å²) < 4.78 is 36.1. The van der Waals surface area contributed by atoms with Crippen molar-refractivity contribution in [1.82, 2.24) is 10.0 Å². The van der Waals surface area contributed by atoms with Crippen molar-refractivity contribution in [2.45, 2.75) is 43.8 Å². The van der Waals surface area contributed by atoms with Gasteiger partial charge in [-0.3, -0.25) is 4.79 Å². The number of carbonyl (C=O) groups excluding carboxylic acids is 1. The van der Waals surface area contributed by atoms with Crippen LogP contribution < -0.4 is 10.0 Å². The van der Waals surface area contributed by atoms with Gasteiger partial charge in [-0.15, -0.1) is 0 Å². The van der Waals surface area contributed by atoms with Crippen molar-refractivity contribution in [3.8, 4) is 0 Å². The second-order valence-corrected chi connectivity index (χ2v) is 7.57. The van der Waals surface area contributed by atoms with Gasteiger partial charge in [-0.25, -0.2) is 13.1 Å². The number of rotatable bonds is 7. The number of hydrogen-bond donors (Lipinski definition) is 2. The summed E-state index contributed by atoms with van der Waals surface area (Å²) in [6.45, 7) is 2.98. The van der Waals surface area contributed by atoms with Crippen LogP contribution in [-0.4, -0.2) is 40.6 Å². The lowest BCUT2D eigenvalue weighted by molar-refractivity contribution is -0.00301. The number of furan rings is 1. The topological polar surface area (TPSA) is 97.6 Å². The zero-order valence-corrected chi connectivity index (χ0v) is 14.3. The summed E-state index contributed by atoms with van der Waals surface area (Å²) in [5.41, 5.74) is 0. The van der Waals surface area contributed by atoms with Crippen LogP contribution in [-0.2, 0) is 14.8 Å². The fraction of sp³-hybridized carbons (Fsp3) is 0.667. The molecule has 1 fully saturated rings. The van der Waals surface area contributed by atoms with Crippen molar-refractivity contribution >= 4 is 15.9 Å². The third-order valence-corrected chi connectivity index (χ3v) is 5.38. The van der Waals surface area contributed by atoms with Gasteiger partial charge in [-0.2, -0.15) is 0 Å². The third-order valence-electron chi connectivity index (χ3n) is 4.09. The van der Waals surface area contributed by atoms with Crippen molar-refractivity contribution in [3.63, 3.8) is 0 Å². The van der Waals surface area contributed by atoms with Gasteiger partial charge in [-0.05, 0) is 37.9 Å². The van der Waals surface area contributed by atoms with Crippen molar-refractivity contribution in [2.24, 2.45) is 5.92 Å². The Kier molecular flexibility index (Phi) is 6.20. The van der Waals surface area contributed by atoms with E-state index >= 15 is 0 Å². The van der Waals surface area contributed by atoms with Crippen LogP contribution in [0, 0.1) is 5.92 Å². The Morgan fingerprint density at radius 1 is 1.35 bits per heavy atom. The molecule has 1 saturated carbocycles. The van der Waals surface area contributed by atoms with E-state index in [-0.39, 0.29) is 17.0 Å². The van der Waals surface area contributed by atoms with E-state index < -0.39 is 15.9 Å². The van der Waals surface area contributed by atoms with E-state index in [0.29, 0.717) is 19.1 Å². The van der Waals surface area contributed by atoms with Crippen LogP contribution in [0.3, 0.4) is 0 Å². The van der Waals surface area contributed by atoms with Crippen LogP contribution in [0.1, 0.15) is 43.2 Å². The van der Waals surface area contributed by atoms with E-state index in [1.807, 2.05) is 0 Å². The van der Waals surface area contributed by atoms with Gasteiger partial charge in [0.05, 0.1) is 12.7 Å². The average molecular weight is 344 g/mol. The first-order valence-electron chi connectivity index (χ1n) is 7.87. The standard InChI is InChI=1S/C15H24N2O5S/c1-11-5-3-4-6-12(11)21-10-9-17-15(18)13-7-8-14(22-13)23(19,20)16-2/h7-8,11-12,16H,3-6,9-10H2,1-2H3,(H,17,18). The molecule has 1 aromatic heterocycles. The van der Waals surface area contributed by atoms with E-state index in [9.17, 15) is 13.2 Å². The summed E-state index contributed by atoms with van der Waals surface area (Å²) >= 11 is 0. The molecule has 0 spiro atoms. The Bertz CT molecular complexity index is 626. The van der Waals surface area contributed by atoms with Gasteiger partial charge in [-0.1, -0.05) is 19.8 Å². The molecule has 2 N–H and O–H groups in total. The van der Waals surface area contributed by atoms with Crippen molar-refractivity contribution in [1.29, 1.82) is 0 Å². The lowest BCUT2D eigenvalue weighted by Gasteiger charge is -2.28. The fourth-order valence-electron chi connectivity index (χ4n) is 2.68. The van der Waals surface area contributed by atoms with E-state index in [0.717, 1.165) is 6.42 Å². The second kappa shape index (κ2) is 7.94. The van der Waals surface area contributed by atoms with Crippen LogP contribution in [0.15, 0.2) is 21.6 Å². The highest BCUT2D eigenvalue weighted by atomic mass is 32.2. The Balaban J connectivity index is 1.77. The van der Waals surface area contributed by atoms with Crippen LogP contribution in [0.25, 0.3) is 0 Å². The van der Waals surface area contributed by atoms with Gasteiger partial charge in [0.15, 0.2) is 5.76 Å². The Labute approximate surface area is 136 Å². The van der Waals surface area contributed by atoms with Gasteiger partial charge in [0.25, 0.3) is 15.9 Å². The van der Waals surface area contributed by atoms with Crippen LogP contribution in [0.5, 0.6) is 0 Å². The molecule has 0 radical (unpaired) electrons. The number of nitrogens with one attached hydrogen (secondary N) is 2. The maximum atomic E-state index is 11.9. The fourth-order valence-corrected chi connectivity index (χ4v) is 3.33. The van der Waals surface area contributed by atoms with Gasteiger partial charge in [0.2, 0.25) is 5.09 Å². The first kappa shape index (κ1) is 18.0. The summed E-state index contributed by atoms with van der Waals surface area (Å²) in [5, 5.41) is 2.38. The zero-order valence-electron chi connectivity index (χ0n) is 13.5. The molecule has 0 aromatic carbocycles. The molecule has 1 aliphatic rings. The van der Waals surface area contributed by atoms with Gasteiger partial charge >= 0.3 is 0 Å². The molecule has 130 valence electrons. The molecule has 1 amide bonds. The minimum Gasteiger partial charge on any atom is -0.438 e. The largest absolute Gasteiger partial charge is 0.438 e. The molecule has 0 saturated heterocycles. The number of hydrogen-bond acceptors (Lipinski definition) is 5. The summed E-state index contributed by atoms with van der Waals surface area (Å²) in [4.78, 5) is 11.9. The summed E-state index contributed by atoms with van der Waals surface area (Å²) in [6, 6.07) is 2.59. The smallest absolute Gasteiger partial charge is 0.287 e. The van der Waals surface area contributed by atoms with Gasteiger partial charge in [0, 0.05) is 6.54 Å². The molecule has 1 aromatic rings. The number of carbonyl (C=O) groups is 1. The maximum Gasteiger partial charge on any atom is 0.287 e. The van der Waals surface area contributed by atoms with E-state index in [1.165, 1.54) is 38.4 Å². The molecule has 0 aliphatic heterocycles.